The second-order valence-electron chi connectivity index (χ2n) is 4.15. The molecule has 1 amide bonds. The predicted molar refractivity (Wildman–Crippen MR) is 76.8 cm³/mol. The molecule has 1 aromatic heterocycles. The Kier molecular flexibility index (Phi) is 4.57. The van der Waals surface area contributed by atoms with Gasteiger partial charge >= 0.3 is 5.97 Å². The molecule has 0 spiro atoms. The lowest BCUT2D eigenvalue weighted by Crippen LogP contribution is -2.11. The molecule has 0 atom stereocenters. The maximum Gasteiger partial charge on any atom is 0.303 e. The van der Waals surface area contributed by atoms with E-state index in [0.29, 0.717) is 16.8 Å². The van der Waals surface area contributed by atoms with E-state index in [4.69, 9.17) is 9.52 Å². The number of amides is 1. The van der Waals surface area contributed by atoms with Crippen LogP contribution >= 0.6 is 15.9 Å². The van der Waals surface area contributed by atoms with Crippen LogP contribution in [0, 0.1) is 0 Å². The van der Waals surface area contributed by atoms with Gasteiger partial charge in [0.15, 0.2) is 10.4 Å². The van der Waals surface area contributed by atoms with Crippen molar-refractivity contribution in [2.45, 2.75) is 12.8 Å². The number of anilines is 1. The van der Waals surface area contributed by atoms with Crippen molar-refractivity contribution in [2.24, 2.45) is 0 Å². The Labute approximate surface area is 123 Å². The Bertz CT molecular complexity index is 636. The van der Waals surface area contributed by atoms with E-state index < -0.39 is 5.97 Å². The van der Waals surface area contributed by atoms with E-state index in [1.54, 1.807) is 30.3 Å². The number of nitrogens with one attached hydrogen (secondary N) is 1. The van der Waals surface area contributed by atoms with Crippen LogP contribution in [0.1, 0.15) is 22.5 Å². The summed E-state index contributed by atoms with van der Waals surface area (Å²) >= 11 is 3.13. The Hall–Kier alpha value is -2.08. The third kappa shape index (κ3) is 3.96. The van der Waals surface area contributed by atoms with E-state index in [1.807, 2.05) is 6.07 Å². The lowest BCUT2D eigenvalue weighted by atomic mass is 10.1. The first-order chi connectivity index (χ1) is 9.54. The highest BCUT2D eigenvalue weighted by Crippen LogP contribution is 2.17. The van der Waals surface area contributed by atoms with Gasteiger partial charge in [-0.15, -0.1) is 0 Å². The largest absolute Gasteiger partial charge is 0.481 e. The van der Waals surface area contributed by atoms with Gasteiger partial charge in [0.1, 0.15) is 0 Å². The third-order valence-electron chi connectivity index (χ3n) is 2.61. The first kappa shape index (κ1) is 14.3. The van der Waals surface area contributed by atoms with Crippen LogP contribution in [0.2, 0.25) is 0 Å². The summed E-state index contributed by atoms with van der Waals surface area (Å²) in [7, 11) is 0. The molecule has 6 heteroatoms. The van der Waals surface area contributed by atoms with Crippen molar-refractivity contribution in [2.75, 3.05) is 5.32 Å². The fourth-order valence-electron chi connectivity index (χ4n) is 1.68. The molecule has 20 heavy (non-hydrogen) atoms. The number of carboxylic acid groups (broad SMARTS) is 1. The minimum atomic E-state index is -0.847. The molecule has 2 aromatic rings. The molecule has 0 radical (unpaired) electrons. The molecular weight excluding hydrogens is 326 g/mol. The summed E-state index contributed by atoms with van der Waals surface area (Å²) in [5, 5.41) is 11.4. The van der Waals surface area contributed by atoms with Crippen molar-refractivity contribution in [3.05, 3.63) is 52.4 Å². The van der Waals surface area contributed by atoms with Crippen molar-refractivity contribution >= 4 is 33.5 Å². The molecule has 0 aliphatic rings. The van der Waals surface area contributed by atoms with Gasteiger partial charge in [0, 0.05) is 12.1 Å². The third-order valence-corrected chi connectivity index (χ3v) is 3.04. The van der Waals surface area contributed by atoms with Crippen LogP contribution in [0.25, 0.3) is 0 Å². The monoisotopic (exact) mass is 337 g/mol. The van der Waals surface area contributed by atoms with Crippen molar-refractivity contribution in [1.29, 1.82) is 0 Å². The Balaban J connectivity index is 2.04. The second kappa shape index (κ2) is 6.38. The molecular formula is C14H12BrNO4. The highest BCUT2D eigenvalue weighted by molar-refractivity contribution is 9.10. The van der Waals surface area contributed by atoms with Gasteiger partial charge in [0.25, 0.3) is 5.91 Å². The van der Waals surface area contributed by atoms with Crippen molar-refractivity contribution in [3.63, 3.8) is 0 Å². The smallest absolute Gasteiger partial charge is 0.303 e. The summed E-state index contributed by atoms with van der Waals surface area (Å²) in [5.74, 6) is -1.00. The van der Waals surface area contributed by atoms with Crippen molar-refractivity contribution in [1.82, 2.24) is 0 Å². The Morgan fingerprint density at radius 1 is 1.25 bits per heavy atom. The summed E-state index contributed by atoms with van der Waals surface area (Å²) in [6.07, 6.45) is 0.480. The minimum absolute atomic E-state index is 0.0581. The SMILES string of the molecule is O=C(O)CCc1cccc(NC(=O)c2ccc(Br)o2)c1. The first-order valence-electron chi connectivity index (χ1n) is 5.92. The predicted octanol–water partition coefficient (Wildman–Crippen LogP) is 3.31. The molecule has 0 aliphatic heterocycles. The summed E-state index contributed by atoms with van der Waals surface area (Å²) in [6.45, 7) is 0. The molecule has 0 fully saturated rings. The number of hydrogen-bond acceptors (Lipinski definition) is 3. The standard InChI is InChI=1S/C14H12BrNO4/c15-12-6-5-11(20-12)14(19)16-10-3-1-2-9(8-10)4-7-13(17)18/h1-3,5-6,8H,4,7H2,(H,16,19)(H,17,18). The number of aliphatic carboxylic acids is 1. The lowest BCUT2D eigenvalue weighted by Gasteiger charge is -2.05. The number of aryl methyl sites for hydroxylation is 1. The molecule has 0 saturated heterocycles. The zero-order valence-electron chi connectivity index (χ0n) is 10.4. The van der Waals surface area contributed by atoms with E-state index in [-0.39, 0.29) is 18.1 Å². The summed E-state index contributed by atoms with van der Waals surface area (Å²) in [5.41, 5.74) is 1.45. The average Bonchev–Trinajstić information content (AvgIpc) is 2.84. The van der Waals surface area contributed by atoms with Gasteiger partial charge in [-0.2, -0.15) is 0 Å². The molecule has 0 bridgehead atoms. The number of rotatable bonds is 5. The number of carboxylic acids is 1. The van der Waals surface area contributed by atoms with Crippen molar-refractivity contribution < 1.29 is 19.1 Å². The van der Waals surface area contributed by atoms with E-state index in [9.17, 15) is 9.59 Å². The van der Waals surface area contributed by atoms with E-state index in [0.717, 1.165) is 5.56 Å². The Morgan fingerprint density at radius 2 is 2.05 bits per heavy atom. The fourth-order valence-corrected chi connectivity index (χ4v) is 1.99. The highest BCUT2D eigenvalue weighted by Gasteiger charge is 2.10. The number of halogens is 1. The number of carbonyl (C=O) groups is 2. The highest BCUT2D eigenvalue weighted by atomic mass is 79.9. The van der Waals surface area contributed by atoms with Crippen LogP contribution in [0.5, 0.6) is 0 Å². The van der Waals surface area contributed by atoms with Gasteiger partial charge < -0.3 is 14.8 Å². The molecule has 2 N–H and O–H groups in total. The van der Waals surface area contributed by atoms with E-state index >= 15 is 0 Å². The molecule has 1 heterocycles. The summed E-state index contributed by atoms with van der Waals surface area (Å²) in [6, 6.07) is 10.3. The maximum absolute atomic E-state index is 11.9. The molecule has 0 saturated carbocycles. The zero-order valence-corrected chi connectivity index (χ0v) is 12.0. The van der Waals surface area contributed by atoms with E-state index in [2.05, 4.69) is 21.2 Å². The molecule has 1 aromatic carbocycles. The van der Waals surface area contributed by atoms with Crippen LogP contribution in [-0.2, 0) is 11.2 Å². The van der Waals surface area contributed by atoms with E-state index in [1.165, 1.54) is 0 Å². The second-order valence-corrected chi connectivity index (χ2v) is 4.93. The van der Waals surface area contributed by atoms with Gasteiger partial charge in [0.05, 0.1) is 0 Å². The fraction of sp³-hybridized carbons (Fsp3) is 0.143. The first-order valence-corrected chi connectivity index (χ1v) is 6.71. The van der Waals surface area contributed by atoms with Crippen molar-refractivity contribution in [3.8, 4) is 0 Å². The maximum atomic E-state index is 11.9. The van der Waals surface area contributed by atoms with Crippen LogP contribution in [-0.4, -0.2) is 17.0 Å². The van der Waals surface area contributed by atoms with Gasteiger partial charge in [-0.25, -0.2) is 0 Å². The van der Waals surface area contributed by atoms with Crippen LogP contribution < -0.4 is 5.32 Å². The molecule has 5 nitrogen and oxygen atoms in total. The van der Waals surface area contributed by atoms with Crippen LogP contribution in [0.4, 0.5) is 5.69 Å². The number of carbonyl (C=O) groups excluding carboxylic acids is 1. The van der Waals surface area contributed by atoms with Gasteiger partial charge in [0.2, 0.25) is 0 Å². The molecule has 2 rings (SSSR count). The number of furan rings is 1. The normalized spacial score (nSPS) is 10.2. The number of hydrogen-bond donors (Lipinski definition) is 2. The lowest BCUT2D eigenvalue weighted by molar-refractivity contribution is -0.136. The molecule has 0 aliphatic carbocycles. The van der Waals surface area contributed by atoms with Crippen LogP contribution in [0.3, 0.4) is 0 Å². The Morgan fingerprint density at radius 3 is 2.70 bits per heavy atom. The summed E-state index contributed by atoms with van der Waals surface area (Å²) in [4.78, 5) is 22.4. The molecule has 104 valence electrons. The average molecular weight is 338 g/mol. The zero-order chi connectivity index (χ0) is 14.5. The number of benzene rings is 1. The van der Waals surface area contributed by atoms with Gasteiger partial charge in [-0.05, 0) is 52.2 Å². The minimum Gasteiger partial charge on any atom is -0.481 e. The van der Waals surface area contributed by atoms with Gasteiger partial charge in [-0.1, -0.05) is 12.1 Å². The topological polar surface area (TPSA) is 79.5 Å². The molecule has 0 unspecified atom stereocenters. The summed E-state index contributed by atoms with van der Waals surface area (Å²) < 4.78 is 5.64. The van der Waals surface area contributed by atoms with Crippen LogP contribution in [0.15, 0.2) is 45.5 Å². The quantitative estimate of drug-likeness (QED) is 0.877. The van der Waals surface area contributed by atoms with Gasteiger partial charge in [-0.3, -0.25) is 9.59 Å².